The number of nitrogens with one attached hydrogen (secondary N) is 1. The van der Waals surface area contributed by atoms with Crippen molar-refractivity contribution in [1.29, 1.82) is 0 Å². The highest BCUT2D eigenvalue weighted by Gasteiger charge is 2.17. The minimum absolute atomic E-state index is 0.0547. The Morgan fingerprint density at radius 1 is 1.04 bits per heavy atom. The average molecular weight is 335 g/mol. The number of carbonyl (C=O) groups is 1. The van der Waals surface area contributed by atoms with Gasteiger partial charge in [0, 0.05) is 24.9 Å². The van der Waals surface area contributed by atoms with Crippen LogP contribution in [0.25, 0.3) is 11.3 Å². The predicted octanol–water partition coefficient (Wildman–Crippen LogP) is 2.71. The van der Waals surface area contributed by atoms with Crippen molar-refractivity contribution in [2.75, 3.05) is 13.2 Å². The number of nitrogens with zero attached hydrogens (tertiary/aromatic N) is 2. The largest absolute Gasteiger partial charge is 0.396 e. The zero-order chi connectivity index (χ0) is 17.5. The number of aliphatic hydroxyl groups excluding tert-OH is 1. The Balaban J connectivity index is 1.90. The van der Waals surface area contributed by atoms with Crippen molar-refractivity contribution in [1.82, 2.24) is 15.1 Å². The molecule has 0 fully saturated rings. The van der Waals surface area contributed by atoms with Crippen LogP contribution in [0.2, 0.25) is 0 Å². The fourth-order valence-corrected chi connectivity index (χ4v) is 2.62. The topological polar surface area (TPSA) is 67.2 Å². The molecule has 0 aliphatic rings. The lowest BCUT2D eigenvalue weighted by Crippen LogP contribution is -2.25. The third-order valence-electron chi connectivity index (χ3n) is 3.86. The maximum Gasteiger partial charge on any atom is 0.255 e. The second kappa shape index (κ2) is 8.26. The molecule has 3 rings (SSSR count). The van der Waals surface area contributed by atoms with Crippen LogP contribution in [-0.4, -0.2) is 33.9 Å². The second-order valence-corrected chi connectivity index (χ2v) is 5.77. The standard InChI is InChI=1S/C20H21N3O2/c24-13-7-12-21-20(25)18-15-23(14-16-8-3-1-4-9-16)22-19(18)17-10-5-2-6-11-17/h1-6,8-11,15,24H,7,12-14H2,(H,21,25). The smallest absolute Gasteiger partial charge is 0.255 e. The van der Waals surface area contributed by atoms with Gasteiger partial charge < -0.3 is 10.4 Å². The van der Waals surface area contributed by atoms with Gasteiger partial charge in [-0.2, -0.15) is 5.10 Å². The first-order valence-electron chi connectivity index (χ1n) is 8.34. The van der Waals surface area contributed by atoms with Gasteiger partial charge in [0.25, 0.3) is 5.91 Å². The third kappa shape index (κ3) is 4.33. The first kappa shape index (κ1) is 16.9. The summed E-state index contributed by atoms with van der Waals surface area (Å²) < 4.78 is 1.79. The number of aromatic nitrogens is 2. The van der Waals surface area contributed by atoms with E-state index in [1.165, 1.54) is 0 Å². The van der Waals surface area contributed by atoms with E-state index in [1.54, 1.807) is 10.9 Å². The lowest BCUT2D eigenvalue weighted by atomic mass is 10.1. The SMILES string of the molecule is O=C(NCCCO)c1cn(Cc2ccccc2)nc1-c1ccccc1. The molecule has 0 aliphatic heterocycles. The van der Waals surface area contributed by atoms with E-state index in [2.05, 4.69) is 10.4 Å². The van der Waals surface area contributed by atoms with Gasteiger partial charge in [-0.25, -0.2) is 0 Å². The summed E-state index contributed by atoms with van der Waals surface area (Å²) >= 11 is 0. The van der Waals surface area contributed by atoms with Gasteiger partial charge in [0.1, 0.15) is 5.69 Å². The summed E-state index contributed by atoms with van der Waals surface area (Å²) in [6.45, 7) is 1.09. The first-order chi connectivity index (χ1) is 12.3. The molecule has 0 bridgehead atoms. The van der Waals surface area contributed by atoms with Crippen LogP contribution < -0.4 is 5.32 Å². The van der Waals surface area contributed by atoms with Gasteiger partial charge >= 0.3 is 0 Å². The molecule has 3 aromatic rings. The van der Waals surface area contributed by atoms with E-state index < -0.39 is 0 Å². The molecule has 5 heteroatoms. The molecule has 1 heterocycles. The van der Waals surface area contributed by atoms with Crippen LogP contribution in [0.3, 0.4) is 0 Å². The van der Waals surface area contributed by atoms with Crippen LogP contribution in [0.15, 0.2) is 66.9 Å². The van der Waals surface area contributed by atoms with Crippen LogP contribution in [0, 0.1) is 0 Å². The van der Waals surface area contributed by atoms with E-state index in [-0.39, 0.29) is 12.5 Å². The lowest BCUT2D eigenvalue weighted by Gasteiger charge is -2.04. The molecule has 128 valence electrons. The third-order valence-corrected chi connectivity index (χ3v) is 3.86. The van der Waals surface area contributed by atoms with Gasteiger partial charge in [-0.15, -0.1) is 0 Å². The van der Waals surface area contributed by atoms with Gasteiger partial charge in [0.05, 0.1) is 12.1 Å². The van der Waals surface area contributed by atoms with Crippen molar-refractivity contribution < 1.29 is 9.90 Å². The molecule has 0 spiro atoms. The van der Waals surface area contributed by atoms with Gasteiger partial charge in [-0.05, 0) is 12.0 Å². The van der Waals surface area contributed by atoms with E-state index in [4.69, 9.17) is 5.11 Å². The van der Waals surface area contributed by atoms with Crippen molar-refractivity contribution >= 4 is 5.91 Å². The maximum atomic E-state index is 12.5. The first-order valence-corrected chi connectivity index (χ1v) is 8.34. The van der Waals surface area contributed by atoms with Crippen LogP contribution >= 0.6 is 0 Å². The van der Waals surface area contributed by atoms with Gasteiger partial charge in [-0.1, -0.05) is 60.7 Å². The Hall–Kier alpha value is -2.92. The van der Waals surface area contributed by atoms with Crippen molar-refractivity contribution in [2.45, 2.75) is 13.0 Å². The molecule has 1 amide bonds. The predicted molar refractivity (Wildman–Crippen MR) is 97.2 cm³/mol. The highest BCUT2D eigenvalue weighted by molar-refractivity contribution is 5.99. The number of hydrogen-bond donors (Lipinski definition) is 2. The second-order valence-electron chi connectivity index (χ2n) is 5.77. The zero-order valence-electron chi connectivity index (χ0n) is 13.9. The summed E-state index contributed by atoms with van der Waals surface area (Å²) in [5.41, 5.74) is 3.23. The summed E-state index contributed by atoms with van der Waals surface area (Å²) in [5, 5.41) is 16.3. The Morgan fingerprint density at radius 3 is 2.40 bits per heavy atom. The molecule has 5 nitrogen and oxygen atoms in total. The molecule has 25 heavy (non-hydrogen) atoms. The zero-order valence-corrected chi connectivity index (χ0v) is 13.9. The molecule has 2 N–H and O–H groups in total. The van der Waals surface area contributed by atoms with Crippen molar-refractivity contribution in [3.8, 4) is 11.3 Å². The number of hydrogen-bond acceptors (Lipinski definition) is 3. The summed E-state index contributed by atoms with van der Waals surface area (Å²) in [7, 11) is 0. The van der Waals surface area contributed by atoms with Gasteiger partial charge in [0.15, 0.2) is 0 Å². The number of amides is 1. The molecular formula is C20H21N3O2. The maximum absolute atomic E-state index is 12.5. The molecule has 0 saturated heterocycles. The Labute approximate surface area is 146 Å². The van der Waals surface area contributed by atoms with E-state index in [0.29, 0.717) is 30.8 Å². The van der Waals surface area contributed by atoms with E-state index >= 15 is 0 Å². The minimum Gasteiger partial charge on any atom is -0.396 e. The summed E-state index contributed by atoms with van der Waals surface area (Å²) in [4.78, 5) is 12.5. The normalized spacial score (nSPS) is 10.6. The molecule has 0 atom stereocenters. The van der Waals surface area contributed by atoms with Crippen molar-refractivity contribution in [3.05, 3.63) is 78.0 Å². The minimum atomic E-state index is -0.174. The number of rotatable bonds is 7. The molecule has 0 unspecified atom stereocenters. The quantitative estimate of drug-likeness (QED) is 0.653. The van der Waals surface area contributed by atoms with E-state index in [9.17, 15) is 4.79 Å². The number of benzene rings is 2. The summed E-state index contributed by atoms with van der Waals surface area (Å²) in [6.07, 6.45) is 2.31. The average Bonchev–Trinajstić information content (AvgIpc) is 3.07. The van der Waals surface area contributed by atoms with Gasteiger partial charge in [0.2, 0.25) is 0 Å². The van der Waals surface area contributed by atoms with E-state index in [1.807, 2.05) is 60.7 Å². The number of aliphatic hydroxyl groups is 1. The monoisotopic (exact) mass is 335 g/mol. The van der Waals surface area contributed by atoms with Crippen LogP contribution in [0.5, 0.6) is 0 Å². The van der Waals surface area contributed by atoms with Crippen LogP contribution in [0.4, 0.5) is 0 Å². The molecule has 2 aromatic carbocycles. The Kier molecular flexibility index (Phi) is 5.59. The highest BCUT2D eigenvalue weighted by Crippen LogP contribution is 2.22. The fourth-order valence-electron chi connectivity index (χ4n) is 2.62. The summed E-state index contributed by atoms with van der Waals surface area (Å²) in [5.74, 6) is -0.174. The summed E-state index contributed by atoms with van der Waals surface area (Å²) in [6, 6.07) is 19.7. The van der Waals surface area contributed by atoms with Gasteiger partial charge in [-0.3, -0.25) is 9.48 Å². The molecule has 0 radical (unpaired) electrons. The van der Waals surface area contributed by atoms with Crippen molar-refractivity contribution in [3.63, 3.8) is 0 Å². The Morgan fingerprint density at radius 2 is 1.72 bits per heavy atom. The molecular weight excluding hydrogens is 314 g/mol. The lowest BCUT2D eigenvalue weighted by molar-refractivity contribution is 0.0951. The highest BCUT2D eigenvalue weighted by atomic mass is 16.3. The van der Waals surface area contributed by atoms with E-state index in [0.717, 1.165) is 11.1 Å². The van der Waals surface area contributed by atoms with Crippen molar-refractivity contribution in [2.24, 2.45) is 0 Å². The fraction of sp³-hybridized carbons (Fsp3) is 0.200. The van der Waals surface area contributed by atoms with Crippen LogP contribution in [-0.2, 0) is 6.54 Å². The number of carbonyl (C=O) groups excluding carboxylic acids is 1. The Bertz CT molecular complexity index is 813. The van der Waals surface area contributed by atoms with Crippen LogP contribution in [0.1, 0.15) is 22.3 Å². The molecule has 1 aromatic heterocycles. The molecule has 0 saturated carbocycles. The molecule has 0 aliphatic carbocycles.